The molecule has 1 aliphatic rings. The molecular weight excluding hydrogens is 370 g/mol. The van der Waals surface area contributed by atoms with Crippen LogP contribution in [0.15, 0.2) is 30.3 Å². The van der Waals surface area contributed by atoms with Gasteiger partial charge in [0.1, 0.15) is 5.54 Å². The van der Waals surface area contributed by atoms with Crippen LogP contribution in [-0.2, 0) is 10.3 Å². The summed E-state index contributed by atoms with van der Waals surface area (Å²) in [5, 5.41) is 2.81. The van der Waals surface area contributed by atoms with E-state index in [2.05, 4.69) is 10.3 Å². The zero-order valence-corrected chi connectivity index (χ0v) is 17.1. The number of urea groups is 1. The lowest BCUT2D eigenvalue weighted by Gasteiger charge is -2.26. The van der Waals surface area contributed by atoms with Crippen LogP contribution < -0.4 is 5.32 Å². The summed E-state index contributed by atoms with van der Waals surface area (Å²) < 4.78 is 0. The molecule has 7 nitrogen and oxygen atoms in total. The topological polar surface area (TPSA) is 99.3 Å². The van der Waals surface area contributed by atoms with Crippen LogP contribution in [-0.4, -0.2) is 39.9 Å². The number of rotatable bonds is 7. The van der Waals surface area contributed by atoms with Crippen LogP contribution in [0.3, 0.4) is 0 Å². The molecule has 2 aromatic rings. The van der Waals surface area contributed by atoms with Crippen LogP contribution in [0.4, 0.5) is 4.79 Å². The fourth-order valence-corrected chi connectivity index (χ4v) is 4.16. The second kappa shape index (κ2) is 7.66. The molecule has 152 valence electrons. The van der Waals surface area contributed by atoms with Crippen LogP contribution in [0.1, 0.15) is 64.4 Å². The number of nitrogens with one attached hydrogen (secondary N) is 2. The number of Topliss-reactive ketones (excluding diaryl/α,β-unsaturated/α-hetero) is 2. The first-order chi connectivity index (χ1) is 13.7. The molecule has 0 bridgehead atoms. The summed E-state index contributed by atoms with van der Waals surface area (Å²) in [6.45, 7) is 6.39. The Kier molecular flexibility index (Phi) is 5.42. The monoisotopic (exact) mass is 395 g/mol. The van der Waals surface area contributed by atoms with Crippen molar-refractivity contribution >= 4 is 23.5 Å². The van der Waals surface area contributed by atoms with Crippen LogP contribution in [0.25, 0.3) is 0 Å². The third-order valence-electron chi connectivity index (χ3n) is 5.44. The fraction of sp³-hybridized carbons (Fsp3) is 0.364. The number of benzene rings is 1. The quantitative estimate of drug-likeness (QED) is 0.555. The van der Waals surface area contributed by atoms with E-state index in [9.17, 15) is 19.2 Å². The number of hydrogen-bond donors (Lipinski definition) is 2. The largest absolute Gasteiger partial charge is 0.355 e. The minimum absolute atomic E-state index is 0.142. The Labute approximate surface area is 169 Å². The van der Waals surface area contributed by atoms with Crippen molar-refractivity contribution in [2.45, 2.75) is 46.1 Å². The number of hydrogen-bond acceptors (Lipinski definition) is 4. The van der Waals surface area contributed by atoms with E-state index in [0.717, 1.165) is 4.90 Å². The standard InChI is InChI=1S/C22H25N3O4/c1-5-11-22(16-9-7-6-8-10-16)20(28)25(21(29)24-22)12-17(27)19-13(2)18(15(4)26)14(3)23-19/h6-10,23H,5,11-12H2,1-4H3,(H,24,29). The van der Waals surface area contributed by atoms with E-state index >= 15 is 0 Å². The minimum Gasteiger partial charge on any atom is -0.355 e. The number of aryl methyl sites for hydroxylation is 1. The molecule has 3 rings (SSSR count). The van der Waals surface area contributed by atoms with Gasteiger partial charge in [-0.05, 0) is 38.3 Å². The summed E-state index contributed by atoms with van der Waals surface area (Å²) in [6, 6.07) is 8.48. The van der Waals surface area contributed by atoms with Crippen LogP contribution in [0, 0.1) is 13.8 Å². The molecular formula is C22H25N3O4. The van der Waals surface area contributed by atoms with Gasteiger partial charge in [0.15, 0.2) is 11.6 Å². The highest BCUT2D eigenvalue weighted by Gasteiger charge is 2.52. The molecule has 0 radical (unpaired) electrons. The number of aromatic amines is 1. The number of nitrogens with zero attached hydrogens (tertiary/aromatic N) is 1. The van der Waals surface area contributed by atoms with Crippen LogP contribution >= 0.6 is 0 Å². The normalized spacial score (nSPS) is 18.8. The van der Waals surface area contributed by atoms with Crippen LogP contribution in [0.5, 0.6) is 0 Å². The predicted molar refractivity (Wildman–Crippen MR) is 108 cm³/mol. The molecule has 1 unspecified atom stereocenters. The lowest BCUT2D eigenvalue weighted by molar-refractivity contribution is -0.131. The first-order valence-corrected chi connectivity index (χ1v) is 9.65. The summed E-state index contributed by atoms with van der Waals surface area (Å²) >= 11 is 0. The van der Waals surface area contributed by atoms with Gasteiger partial charge in [0, 0.05) is 11.3 Å². The molecule has 3 amide bonds. The molecule has 0 aliphatic carbocycles. The lowest BCUT2D eigenvalue weighted by atomic mass is 9.85. The summed E-state index contributed by atoms with van der Waals surface area (Å²) in [7, 11) is 0. The maximum Gasteiger partial charge on any atom is 0.325 e. The van der Waals surface area contributed by atoms with Crippen molar-refractivity contribution in [1.82, 2.24) is 15.2 Å². The van der Waals surface area contributed by atoms with Gasteiger partial charge in [0.05, 0.1) is 12.2 Å². The molecule has 1 aromatic heterocycles. The lowest BCUT2D eigenvalue weighted by Crippen LogP contribution is -2.44. The Bertz CT molecular complexity index is 993. The smallest absolute Gasteiger partial charge is 0.325 e. The molecule has 1 atom stereocenters. The van der Waals surface area contributed by atoms with Crippen molar-refractivity contribution in [2.75, 3.05) is 6.54 Å². The van der Waals surface area contributed by atoms with Crippen LogP contribution in [0.2, 0.25) is 0 Å². The number of amides is 3. The number of ketones is 2. The molecule has 0 saturated carbocycles. The van der Waals surface area contributed by atoms with Gasteiger partial charge in [-0.1, -0.05) is 43.7 Å². The van der Waals surface area contributed by atoms with Gasteiger partial charge in [0.25, 0.3) is 5.91 Å². The first kappa shape index (κ1) is 20.5. The number of aromatic nitrogens is 1. The Morgan fingerprint density at radius 3 is 2.31 bits per heavy atom. The number of imide groups is 1. The highest BCUT2D eigenvalue weighted by Crippen LogP contribution is 2.33. The zero-order valence-electron chi connectivity index (χ0n) is 17.1. The first-order valence-electron chi connectivity index (χ1n) is 9.65. The van der Waals surface area contributed by atoms with Crippen molar-refractivity contribution in [3.05, 3.63) is 58.4 Å². The van der Waals surface area contributed by atoms with Gasteiger partial charge in [0.2, 0.25) is 0 Å². The van der Waals surface area contributed by atoms with E-state index in [1.165, 1.54) is 6.92 Å². The Hall–Kier alpha value is -3.22. The maximum absolute atomic E-state index is 13.3. The van der Waals surface area contributed by atoms with Crippen molar-refractivity contribution in [3.63, 3.8) is 0 Å². The van der Waals surface area contributed by atoms with Gasteiger partial charge in [-0.2, -0.15) is 0 Å². The molecule has 1 fully saturated rings. The molecule has 7 heteroatoms. The minimum atomic E-state index is -1.17. The summed E-state index contributed by atoms with van der Waals surface area (Å²) in [6.07, 6.45) is 1.11. The summed E-state index contributed by atoms with van der Waals surface area (Å²) in [5.74, 6) is -0.991. The van der Waals surface area contributed by atoms with Crippen molar-refractivity contribution in [1.29, 1.82) is 0 Å². The zero-order chi connectivity index (χ0) is 21.3. The molecule has 2 heterocycles. The highest BCUT2D eigenvalue weighted by molar-refractivity contribution is 6.12. The van der Waals surface area contributed by atoms with Crippen molar-refractivity contribution in [3.8, 4) is 0 Å². The van der Waals surface area contributed by atoms with E-state index in [1.54, 1.807) is 26.0 Å². The van der Waals surface area contributed by atoms with Gasteiger partial charge in [-0.3, -0.25) is 19.3 Å². The van der Waals surface area contributed by atoms with E-state index in [4.69, 9.17) is 0 Å². The summed E-state index contributed by atoms with van der Waals surface area (Å²) in [4.78, 5) is 54.6. The highest BCUT2D eigenvalue weighted by atomic mass is 16.2. The van der Waals surface area contributed by atoms with E-state index in [0.29, 0.717) is 35.2 Å². The van der Waals surface area contributed by atoms with Gasteiger partial charge in [-0.25, -0.2) is 4.79 Å². The van der Waals surface area contributed by atoms with Gasteiger partial charge < -0.3 is 10.3 Å². The Morgan fingerprint density at radius 1 is 1.10 bits per heavy atom. The predicted octanol–water partition coefficient (Wildman–Crippen LogP) is 3.26. The third-order valence-corrected chi connectivity index (χ3v) is 5.44. The second-order valence-electron chi connectivity index (χ2n) is 7.45. The Balaban J connectivity index is 1.92. The molecule has 0 spiro atoms. The van der Waals surface area contributed by atoms with Gasteiger partial charge in [-0.15, -0.1) is 0 Å². The molecule has 1 aliphatic heterocycles. The Morgan fingerprint density at radius 2 is 1.76 bits per heavy atom. The SMILES string of the molecule is CCCC1(c2ccccc2)NC(=O)N(CC(=O)c2[nH]c(C)c(C(C)=O)c2C)C1=O. The second-order valence-corrected chi connectivity index (χ2v) is 7.45. The molecule has 1 saturated heterocycles. The van der Waals surface area contributed by atoms with E-state index in [-0.39, 0.29) is 18.0 Å². The molecule has 29 heavy (non-hydrogen) atoms. The van der Waals surface area contributed by atoms with E-state index in [1.807, 2.05) is 25.1 Å². The molecule has 2 N–H and O–H groups in total. The average molecular weight is 395 g/mol. The average Bonchev–Trinajstić information content (AvgIpc) is 3.11. The summed E-state index contributed by atoms with van der Waals surface area (Å²) in [5.41, 5.74) is 1.38. The fourth-order valence-electron chi connectivity index (χ4n) is 4.16. The maximum atomic E-state index is 13.3. The van der Waals surface area contributed by atoms with Crippen molar-refractivity contribution in [2.24, 2.45) is 0 Å². The number of H-pyrrole nitrogens is 1. The number of carbonyl (C=O) groups is 4. The molecule has 1 aromatic carbocycles. The van der Waals surface area contributed by atoms with E-state index < -0.39 is 23.3 Å². The van der Waals surface area contributed by atoms with Crippen molar-refractivity contribution < 1.29 is 19.2 Å². The third kappa shape index (κ3) is 3.37. The number of carbonyl (C=O) groups excluding carboxylic acids is 4. The van der Waals surface area contributed by atoms with Gasteiger partial charge >= 0.3 is 6.03 Å².